The first kappa shape index (κ1) is 20.9. The van der Waals surface area contributed by atoms with Gasteiger partial charge in [-0.2, -0.15) is 4.98 Å². The standard InChI is InChI=1S/C22H31N5O2/c1-5-29-22(28)26-13-11-25(12-14-26)20-15-18(4)23-21(24-20)27(17(2)3)16-19-9-7-6-8-10-19/h6-10,15,17H,5,11-14,16H2,1-4H3. The third-order valence-corrected chi connectivity index (χ3v) is 5.03. The number of anilines is 2. The fourth-order valence-electron chi connectivity index (χ4n) is 3.42. The summed E-state index contributed by atoms with van der Waals surface area (Å²) in [6.07, 6.45) is -0.236. The number of hydrogen-bond donors (Lipinski definition) is 0. The smallest absolute Gasteiger partial charge is 0.409 e. The van der Waals surface area contributed by atoms with Crippen molar-refractivity contribution < 1.29 is 9.53 Å². The highest BCUT2D eigenvalue weighted by Crippen LogP contribution is 2.22. The van der Waals surface area contributed by atoms with Crippen molar-refractivity contribution in [3.63, 3.8) is 0 Å². The molecular formula is C22H31N5O2. The molecule has 0 N–H and O–H groups in total. The SMILES string of the molecule is CCOC(=O)N1CCN(c2cc(C)nc(N(Cc3ccccc3)C(C)C)n2)CC1. The van der Waals surface area contributed by atoms with Crippen molar-refractivity contribution in [1.82, 2.24) is 14.9 Å². The number of nitrogens with zero attached hydrogens (tertiary/aromatic N) is 5. The predicted molar refractivity (Wildman–Crippen MR) is 115 cm³/mol. The van der Waals surface area contributed by atoms with Crippen molar-refractivity contribution in [2.45, 2.75) is 40.3 Å². The molecule has 1 aromatic heterocycles. The maximum Gasteiger partial charge on any atom is 0.409 e. The van der Waals surface area contributed by atoms with Crippen molar-refractivity contribution in [2.75, 3.05) is 42.6 Å². The number of carbonyl (C=O) groups excluding carboxylic acids is 1. The zero-order valence-corrected chi connectivity index (χ0v) is 17.8. The summed E-state index contributed by atoms with van der Waals surface area (Å²) in [5.74, 6) is 1.65. The molecule has 0 bridgehead atoms. The van der Waals surface area contributed by atoms with Gasteiger partial charge in [0.25, 0.3) is 0 Å². The molecule has 1 amide bonds. The Morgan fingerprint density at radius 2 is 1.83 bits per heavy atom. The predicted octanol–water partition coefficient (Wildman–Crippen LogP) is 3.48. The number of benzene rings is 1. The van der Waals surface area contributed by atoms with E-state index in [4.69, 9.17) is 14.7 Å². The number of carbonyl (C=O) groups is 1. The maximum atomic E-state index is 11.9. The Hall–Kier alpha value is -2.83. The second-order valence-electron chi connectivity index (χ2n) is 7.55. The van der Waals surface area contributed by atoms with E-state index in [0.29, 0.717) is 19.7 Å². The van der Waals surface area contributed by atoms with Crippen LogP contribution in [0.4, 0.5) is 16.6 Å². The fourth-order valence-corrected chi connectivity index (χ4v) is 3.42. The lowest BCUT2D eigenvalue weighted by molar-refractivity contribution is 0.105. The van der Waals surface area contributed by atoms with E-state index in [2.05, 4.69) is 47.9 Å². The first-order valence-electron chi connectivity index (χ1n) is 10.3. The number of amides is 1. The summed E-state index contributed by atoms with van der Waals surface area (Å²) < 4.78 is 5.11. The van der Waals surface area contributed by atoms with Crippen molar-refractivity contribution in [3.8, 4) is 0 Å². The first-order valence-corrected chi connectivity index (χ1v) is 10.3. The second-order valence-corrected chi connectivity index (χ2v) is 7.55. The Labute approximate surface area is 173 Å². The molecule has 0 spiro atoms. The molecule has 2 aromatic rings. The second kappa shape index (κ2) is 9.58. The van der Waals surface area contributed by atoms with Crippen LogP contribution in [0.25, 0.3) is 0 Å². The van der Waals surface area contributed by atoms with Crippen LogP contribution in [0.15, 0.2) is 36.4 Å². The van der Waals surface area contributed by atoms with Crippen LogP contribution in [-0.4, -0.2) is 59.8 Å². The summed E-state index contributed by atoms with van der Waals surface area (Å²) in [5, 5.41) is 0. The van der Waals surface area contributed by atoms with Crippen molar-refractivity contribution in [2.24, 2.45) is 0 Å². The van der Waals surface area contributed by atoms with E-state index in [9.17, 15) is 4.79 Å². The highest BCUT2D eigenvalue weighted by atomic mass is 16.6. The first-order chi connectivity index (χ1) is 14.0. The van der Waals surface area contributed by atoms with Crippen LogP contribution >= 0.6 is 0 Å². The van der Waals surface area contributed by atoms with E-state index in [-0.39, 0.29) is 12.1 Å². The molecule has 0 atom stereocenters. The number of rotatable bonds is 6. The van der Waals surface area contributed by atoms with Crippen LogP contribution in [0.3, 0.4) is 0 Å². The van der Waals surface area contributed by atoms with E-state index in [1.54, 1.807) is 4.90 Å². The van der Waals surface area contributed by atoms with E-state index < -0.39 is 0 Å². The molecule has 3 rings (SSSR count). The molecule has 0 unspecified atom stereocenters. The van der Waals surface area contributed by atoms with Crippen molar-refractivity contribution >= 4 is 17.9 Å². The molecule has 0 aliphatic carbocycles. The quantitative estimate of drug-likeness (QED) is 0.744. The van der Waals surface area contributed by atoms with E-state index in [0.717, 1.165) is 37.1 Å². The Bertz CT molecular complexity index is 804. The normalized spacial score (nSPS) is 14.2. The average molecular weight is 398 g/mol. The van der Waals surface area contributed by atoms with Gasteiger partial charge >= 0.3 is 6.09 Å². The molecule has 1 aliphatic rings. The molecule has 156 valence electrons. The van der Waals surface area contributed by atoms with Gasteiger partial charge in [0.05, 0.1) is 6.61 Å². The van der Waals surface area contributed by atoms with Crippen LogP contribution in [0.2, 0.25) is 0 Å². The molecule has 0 saturated carbocycles. The molecular weight excluding hydrogens is 366 g/mol. The fraction of sp³-hybridized carbons (Fsp3) is 0.500. The lowest BCUT2D eigenvalue weighted by Gasteiger charge is -2.35. The topological polar surface area (TPSA) is 61.8 Å². The van der Waals surface area contributed by atoms with Gasteiger partial charge in [0.2, 0.25) is 5.95 Å². The number of ether oxygens (including phenoxy) is 1. The van der Waals surface area contributed by atoms with Gasteiger partial charge in [-0.05, 0) is 33.3 Å². The summed E-state index contributed by atoms with van der Waals surface area (Å²) in [7, 11) is 0. The summed E-state index contributed by atoms with van der Waals surface area (Å²) in [6.45, 7) is 12.0. The highest BCUT2D eigenvalue weighted by molar-refractivity contribution is 5.68. The molecule has 0 radical (unpaired) electrons. The monoisotopic (exact) mass is 397 g/mol. The number of aromatic nitrogens is 2. The van der Waals surface area contributed by atoms with Crippen LogP contribution in [0.5, 0.6) is 0 Å². The number of piperazine rings is 1. The highest BCUT2D eigenvalue weighted by Gasteiger charge is 2.24. The lowest BCUT2D eigenvalue weighted by Crippen LogP contribution is -2.49. The molecule has 2 heterocycles. The summed E-state index contributed by atoms with van der Waals surface area (Å²) in [4.78, 5) is 27.7. The Morgan fingerprint density at radius 3 is 2.45 bits per heavy atom. The van der Waals surface area contributed by atoms with Gasteiger partial charge in [0.15, 0.2) is 0 Å². The minimum absolute atomic E-state index is 0.236. The third kappa shape index (κ3) is 5.37. The Kier molecular flexibility index (Phi) is 6.90. The molecule has 1 aromatic carbocycles. The van der Waals surface area contributed by atoms with Gasteiger partial charge in [0, 0.05) is 50.5 Å². The van der Waals surface area contributed by atoms with E-state index in [1.807, 2.05) is 26.0 Å². The van der Waals surface area contributed by atoms with Gasteiger partial charge in [-0.25, -0.2) is 9.78 Å². The molecule has 1 fully saturated rings. The van der Waals surface area contributed by atoms with E-state index in [1.165, 1.54) is 5.56 Å². The van der Waals surface area contributed by atoms with Gasteiger partial charge in [0.1, 0.15) is 5.82 Å². The van der Waals surface area contributed by atoms with Gasteiger partial charge in [-0.3, -0.25) is 0 Å². The Balaban J connectivity index is 1.76. The lowest BCUT2D eigenvalue weighted by atomic mass is 10.2. The van der Waals surface area contributed by atoms with E-state index >= 15 is 0 Å². The minimum Gasteiger partial charge on any atom is -0.450 e. The summed E-state index contributed by atoms with van der Waals surface area (Å²) >= 11 is 0. The molecule has 7 nitrogen and oxygen atoms in total. The zero-order chi connectivity index (χ0) is 20.8. The molecule has 7 heteroatoms. The largest absolute Gasteiger partial charge is 0.450 e. The van der Waals surface area contributed by atoms with Crippen LogP contribution in [0, 0.1) is 6.92 Å². The maximum absolute atomic E-state index is 11.9. The molecule has 1 aliphatic heterocycles. The van der Waals surface area contributed by atoms with Crippen LogP contribution < -0.4 is 9.80 Å². The zero-order valence-electron chi connectivity index (χ0n) is 17.8. The number of aryl methyl sites for hydroxylation is 1. The van der Waals surface area contributed by atoms with Crippen LogP contribution in [0.1, 0.15) is 32.0 Å². The summed E-state index contributed by atoms with van der Waals surface area (Å²) in [5.41, 5.74) is 2.17. The van der Waals surface area contributed by atoms with Crippen molar-refractivity contribution in [1.29, 1.82) is 0 Å². The van der Waals surface area contributed by atoms with Gasteiger partial charge in [-0.15, -0.1) is 0 Å². The minimum atomic E-state index is -0.236. The van der Waals surface area contributed by atoms with Gasteiger partial charge in [-0.1, -0.05) is 30.3 Å². The molecule has 1 saturated heterocycles. The summed E-state index contributed by atoms with van der Waals surface area (Å²) in [6, 6.07) is 12.7. The van der Waals surface area contributed by atoms with Crippen LogP contribution in [-0.2, 0) is 11.3 Å². The van der Waals surface area contributed by atoms with Crippen molar-refractivity contribution in [3.05, 3.63) is 47.7 Å². The van der Waals surface area contributed by atoms with Gasteiger partial charge < -0.3 is 19.4 Å². The average Bonchev–Trinajstić information content (AvgIpc) is 2.72. The molecule has 29 heavy (non-hydrogen) atoms. The number of hydrogen-bond acceptors (Lipinski definition) is 6. The third-order valence-electron chi connectivity index (χ3n) is 5.03. The Morgan fingerprint density at radius 1 is 1.14 bits per heavy atom.